The number of benzene rings is 1. The van der Waals surface area contributed by atoms with Gasteiger partial charge in [0.1, 0.15) is 11.4 Å². The molecule has 0 radical (unpaired) electrons. The molecule has 2 aromatic heterocycles. The molecular formula is C24H25ClFN5O2. The van der Waals surface area contributed by atoms with Gasteiger partial charge in [0.15, 0.2) is 5.82 Å². The molecule has 0 unspecified atom stereocenters. The zero-order chi connectivity index (χ0) is 22.0. The van der Waals surface area contributed by atoms with Gasteiger partial charge in [0.2, 0.25) is 0 Å². The molecule has 3 aromatic rings. The lowest BCUT2D eigenvalue weighted by Crippen LogP contribution is -2.39. The number of nitrogens with zero attached hydrogens (tertiary/aromatic N) is 4. The highest BCUT2D eigenvalue weighted by Gasteiger charge is 2.48. The topological polar surface area (TPSA) is 80.2 Å². The van der Waals surface area contributed by atoms with Gasteiger partial charge in [0, 0.05) is 18.3 Å². The largest absolute Gasteiger partial charge is 0.441 e. The third-order valence-electron chi connectivity index (χ3n) is 6.33. The van der Waals surface area contributed by atoms with E-state index in [9.17, 15) is 9.18 Å². The third-order valence-corrected chi connectivity index (χ3v) is 6.33. The monoisotopic (exact) mass is 469 g/mol. The molecule has 172 valence electrons. The maximum atomic E-state index is 13.9. The van der Waals surface area contributed by atoms with Crippen molar-refractivity contribution in [2.45, 2.75) is 31.3 Å². The summed E-state index contributed by atoms with van der Waals surface area (Å²) in [6, 6.07) is 13.9. The summed E-state index contributed by atoms with van der Waals surface area (Å²) in [6.07, 6.45) is 6.57. The number of aromatic nitrogens is 3. The van der Waals surface area contributed by atoms with E-state index in [-0.39, 0.29) is 24.3 Å². The van der Waals surface area contributed by atoms with Crippen molar-refractivity contribution < 1.29 is 13.9 Å². The van der Waals surface area contributed by atoms with Gasteiger partial charge in [-0.1, -0.05) is 12.1 Å². The number of carbonyl (C=O) groups excluding carboxylic acids is 1. The van der Waals surface area contributed by atoms with Crippen molar-refractivity contribution in [1.82, 2.24) is 15.2 Å². The minimum atomic E-state index is -0.436. The van der Waals surface area contributed by atoms with Crippen LogP contribution >= 0.6 is 12.4 Å². The van der Waals surface area contributed by atoms with E-state index in [0.717, 1.165) is 37.9 Å². The predicted octanol–water partition coefficient (Wildman–Crippen LogP) is 5.10. The van der Waals surface area contributed by atoms with E-state index in [1.807, 2.05) is 12.1 Å². The Balaban J connectivity index is 0.00000259. The smallest absolute Gasteiger partial charge is 0.416 e. The molecule has 0 bridgehead atoms. The van der Waals surface area contributed by atoms with Crippen molar-refractivity contribution in [1.29, 1.82) is 0 Å². The highest BCUT2D eigenvalue weighted by Crippen LogP contribution is 2.40. The number of anilines is 2. The summed E-state index contributed by atoms with van der Waals surface area (Å²) in [5.41, 5.74) is 1.59. The Labute approximate surface area is 197 Å². The number of halogens is 2. The van der Waals surface area contributed by atoms with Crippen molar-refractivity contribution in [2.24, 2.45) is 5.92 Å². The molecule has 3 heterocycles. The second-order valence-corrected chi connectivity index (χ2v) is 8.46. The predicted molar refractivity (Wildman–Crippen MR) is 126 cm³/mol. The molecule has 1 amide bonds. The van der Waals surface area contributed by atoms with Gasteiger partial charge >= 0.3 is 6.09 Å². The van der Waals surface area contributed by atoms with E-state index in [2.05, 4.69) is 20.5 Å². The molecule has 1 aliphatic carbocycles. The zero-order valence-electron chi connectivity index (χ0n) is 18.0. The van der Waals surface area contributed by atoms with Gasteiger partial charge < -0.3 is 10.1 Å². The molecule has 2 fully saturated rings. The third kappa shape index (κ3) is 4.90. The maximum absolute atomic E-state index is 13.9. The van der Waals surface area contributed by atoms with Gasteiger partial charge in [0.05, 0.1) is 24.1 Å². The van der Waals surface area contributed by atoms with Crippen LogP contribution in [0, 0.1) is 11.7 Å². The minimum absolute atomic E-state index is 0. The summed E-state index contributed by atoms with van der Waals surface area (Å²) in [4.78, 5) is 18.4. The summed E-state index contributed by atoms with van der Waals surface area (Å²) in [7, 11) is 0. The Morgan fingerprint density at radius 3 is 2.64 bits per heavy atom. The SMILES string of the molecule is Cl.O=C1O[C@]2(CC[C@H](CNc3ccc(-c4ccccc4F)nc3)CC2)CN1c1cccnn1. The number of rotatable bonds is 5. The quantitative estimate of drug-likeness (QED) is 0.560. The van der Waals surface area contributed by atoms with Gasteiger partial charge in [-0.15, -0.1) is 17.5 Å². The standard InChI is InChI=1S/C24H24FN5O2.ClH/c25-20-5-2-1-4-19(20)21-8-7-18(15-27-21)26-14-17-9-11-24(12-10-17)16-30(23(31)32-24)22-6-3-13-28-29-22;/h1-8,13,15,17,26H,9-12,14,16H2;1H/t17-,24-;. The summed E-state index contributed by atoms with van der Waals surface area (Å²) in [6.45, 7) is 1.34. The molecule has 33 heavy (non-hydrogen) atoms. The molecule has 1 saturated carbocycles. The number of pyridine rings is 1. The van der Waals surface area contributed by atoms with Crippen molar-refractivity contribution in [2.75, 3.05) is 23.3 Å². The zero-order valence-corrected chi connectivity index (χ0v) is 18.8. The fraction of sp³-hybridized carbons (Fsp3) is 0.333. The molecule has 1 N–H and O–H groups in total. The maximum Gasteiger partial charge on any atom is 0.416 e. The second kappa shape index (κ2) is 9.70. The molecule has 1 aromatic carbocycles. The minimum Gasteiger partial charge on any atom is -0.441 e. The van der Waals surface area contributed by atoms with Crippen LogP contribution in [0.1, 0.15) is 25.7 Å². The Bertz CT molecular complexity index is 1090. The van der Waals surface area contributed by atoms with Crippen LogP contribution in [0.4, 0.5) is 20.7 Å². The van der Waals surface area contributed by atoms with Crippen molar-refractivity contribution in [3.05, 3.63) is 66.7 Å². The number of nitrogens with one attached hydrogen (secondary N) is 1. The fourth-order valence-electron chi connectivity index (χ4n) is 4.49. The number of hydrogen-bond acceptors (Lipinski definition) is 6. The highest BCUT2D eigenvalue weighted by molar-refractivity contribution is 5.89. The summed E-state index contributed by atoms with van der Waals surface area (Å²) >= 11 is 0. The highest BCUT2D eigenvalue weighted by atomic mass is 35.5. The van der Waals surface area contributed by atoms with E-state index in [1.54, 1.807) is 47.6 Å². The van der Waals surface area contributed by atoms with Gasteiger partial charge in [-0.05, 0) is 68.0 Å². The Kier molecular flexibility index (Phi) is 6.74. The lowest BCUT2D eigenvalue weighted by molar-refractivity contribution is 0.0148. The molecule has 0 atom stereocenters. The van der Waals surface area contributed by atoms with Crippen LogP contribution in [0.15, 0.2) is 60.9 Å². The molecule has 1 saturated heterocycles. The van der Waals surface area contributed by atoms with Gasteiger partial charge in [-0.25, -0.2) is 9.18 Å². The first-order valence-electron chi connectivity index (χ1n) is 10.8. The lowest BCUT2D eigenvalue weighted by atomic mass is 9.78. The molecule has 1 spiro atoms. The van der Waals surface area contributed by atoms with Gasteiger partial charge in [-0.3, -0.25) is 9.88 Å². The number of carbonyl (C=O) groups is 1. The molecule has 1 aliphatic heterocycles. The first-order chi connectivity index (χ1) is 15.6. The van der Waals surface area contributed by atoms with E-state index in [0.29, 0.717) is 29.5 Å². The van der Waals surface area contributed by atoms with Crippen LogP contribution in [0.2, 0.25) is 0 Å². The van der Waals surface area contributed by atoms with Crippen LogP contribution in [0.3, 0.4) is 0 Å². The molecular weight excluding hydrogens is 445 g/mol. The lowest BCUT2D eigenvalue weighted by Gasteiger charge is -2.35. The molecule has 5 rings (SSSR count). The normalized spacial score (nSPS) is 22.0. The van der Waals surface area contributed by atoms with Crippen LogP contribution in [0.25, 0.3) is 11.3 Å². The van der Waals surface area contributed by atoms with Gasteiger partial charge in [-0.2, -0.15) is 5.10 Å². The number of ether oxygens (including phenoxy) is 1. The van der Waals surface area contributed by atoms with Crippen LogP contribution < -0.4 is 10.2 Å². The van der Waals surface area contributed by atoms with E-state index in [4.69, 9.17) is 4.74 Å². The van der Waals surface area contributed by atoms with E-state index >= 15 is 0 Å². The average molecular weight is 470 g/mol. The summed E-state index contributed by atoms with van der Waals surface area (Å²) < 4.78 is 19.7. The van der Waals surface area contributed by atoms with Crippen LogP contribution in [0.5, 0.6) is 0 Å². The molecule has 2 aliphatic rings. The Morgan fingerprint density at radius 1 is 1.12 bits per heavy atom. The van der Waals surface area contributed by atoms with Crippen molar-refractivity contribution in [3.63, 3.8) is 0 Å². The Morgan fingerprint density at radius 2 is 1.94 bits per heavy atom. The van der Waals surface area contributed by atoms with Gasteiger partial charge in [0.25, 0.3) is 0 Å². The van der Waals surface area contributed by atoms with E-state index in [1.165, 1.54) is 6.07 Å². The molecule has 7 nitrogen and oxygen atoms in total. The van der Waals surface area contributed by atoms with E-state index < -0.39 is 5.60 Å². The van der Waals surface area contributed by atoms with Crippen molar-refractivity contribution in [3.8, 4) is 11.3 Å². The summed E-state index contributed by atoms with van der Waals surface area (Å²) in [5.74, 6) is 0.739. The number of hydrogen-bond donors (Lipinski definition) is 1. The average Bonchev–Trinajstić information content (AvgIpc) is 3.16. The number of amides is 1. The van der Waals surface area contributed by atoms with Crippen LogP contribution in [-0.2, 0) is 4.74 Å². The first kappa shape index (κ1) is 22.9. The van der Waals surface area contributed by atoms with Crippen LogP contribution in [-0.4, -0.2) is 40.0 Å². The Hall–Kier alpha value is -3.26. The van der Waals surface area contributed by atoms with Crippen molar-refractivity contribution >= 4 is 30.0 Å². The second-order valence-electron chi connectivity index (χ2n) is 8.46. The summed E-state index contributed by atoms with van der Waals surface area (Å²) in [5, 5.41) is 11.3. The molecule has 9 heteroatoms. The first-order valence-corrected chi connectivity index (χ1v) is 10.8. The fourth-order valence-corrected chi connectivity index (χ4v) is 4.49.